The lowest BCUT2D eigenvalue weighted by molar-refractivity contribution is -0.129. The van der Waals surface area contributed by atoms with Crippen LogP contribution in [0.1, 0.15) is 34.5 Å². The summed E-state index contributed by atoms with van der Waals surface area (Å²) in [4.78, 5) is 43.7. The number of carbonyl (C=O) groups is 3. The summed E-state index contributed by atoms with van der Waals surface area (Å²) in [6, 6.07) is 15.8. The van der Waals surface area contributed by atoms with Crippen molar-refractivity contribution in [3.05, 3.63) is 77.7 Å². The van der Waals surface area contributed by atoms with Gasteiger partial charge in [0.05, 0.1) is 36.9 Å². The van der Waals surface area contributed by atoms with Crippen LogP contribution in [-0.4, -0.2) is 35.4 Å². The number of rotatable bonds is 5. The molecule has 33 heavy (non-hydrogen) atoms. The Bertz CT molecular complexity index is 1250. The molecule has 1 aromatic heterocycles. The van der Waals surface area contributed by atoms with Crippen LogP contribution in [-0.2, 0) is 16.1 Å². The average molecular weight is 445 g/mol. The van der Waals surface area contributed by atoms with Crippen LogP contribution in [0.25, 0.3) is 0 Å². The van der Waals surface area contributed by atoms with E-state index >= 15 is 0 Å². The van der Waals surface area contributed by atoms with Gasteiger partial charge < -0.3 is 14.5 Å². The summed E-state index contributed by atoms with van der Waals surface area (Å²) in [5.41, 5.74) is 0.674. The maximum absolute atomic E-state index is 14.0. The molecule has 0 bridgehead atoms. The van der Waals surface area contributed by atoms with Crippen LogP contribution < -0.4 is 15.0 Å². The van der Waals surface area contributed by atoms with Crippen molar-refractivity contribution < 1.29 is 23.5 Å². The van der Waals surface area contributed by atoms with Crippen molar-refractivity contribution >= 4 is 29.1 Å². The average Bonchev–Trinajstić information content (AvgIpc) is 3.45. The van der Waals surface area contributed by atoms with Gasteiger partial charge in [0, 0.05) is 12.8 Å². The number of furan rings is 1. The minimum absolute atomic E-state index is 0.0440. The molecule has 1 unspecified atom stereocenters. The number of fused-ring (bicyclic) bond motifs is 3. The van der Waals surface area contributed by atoms with Crippen LogP contribution in [0.15, 0.2) is 65.3 Å². The first-order valence-electron chi connectivity index (χ1n) is 10.7. The summed E-state index contributed by atoms with van der Waals surface area (Å²) >= 11 is 0. The van der Waals surface area contributed by atoms with E-state index in [1.807, 2.05) is 13.0 Å². The number of amides is 3. The second-order valence-corrected chi connectivity index (χ2v) is 8.19. The lowest BCUT2D eigenvalue weighted by Gasteiger charge is -2.48. The molecule has 2 aromatic carbocycles. The molecule has 0 aliphatic carbocycles. The number of ether oxygens (including phenoxy) is 1. The quantitative estimate of drug-likeness (QED) is 0.646. The zero-order valence-electron chi connectivity index (χ0n) is 18.3. The molecule has 2 aliphatic heterocycles. The van der Waals surface area contributed by atoms with Gasteiger partial charge in [-0.15, -0.1) is 0 Å². The Morgan fingerprint density at radius 2 is 1.97 bits per heavy atom. The molecule has 0 saturated carbocycles. The lowest BCUT2D eigenvalue weighted by Crippen LogP contribution is -2.69. The molecule has 8 nitrogen and oxygen atoms in total. The molecule has 2 aliphatic rings. The van der Waals surface area contributed by atoms with E-state index in [0.717, 1.165) is 5.56 Å². The third-order valence-electron chi connectivity index (χ3n) is 6.23. The molecule has 3 amide bonds. The Balaban J connectivity index is 1.65. The third-order valence-corrected chi connectivity index (χ3v) is 6.23. The van der Waals surface area contributed by atoms with Crippen LogP contribution >= 0.6 is 0 Å². The highest BCUT2D eigenvalue weighted by Gasteiger charge is 2.61. The number of carbonyl (C=O) groups excluding carboxylic acids is 3. The molecular weight excluding hydrogens is 422 g/mol. The largest absolute Gasteiger partial charge is 0.495 e. The Hall–Kier alpha value is -4.07. The van der Waals surface area contributed by atoms with E-state index in [4.69, 9.17) is 9.15 Å². The van der Waals surface area contributed by atoms with Crippen molar-refractivity contribution in [2.24, 2.45) is 0 Å². The molecule has 168 valence electrons. The SMILES string of the molecule is COc1ccc(C)cc1NC(=O)C12CCC(=O)N1c1ccccc1C(=O)N2Cc1ccco1. The van der Waals surface area contributed by atoms with E-state index in [9.17, 15) is 14.4 Å². The van der Waals surface area contributed by atoms with E-state index in [1.165, 1.54) is 23.2 Å². The molecule has 1 saturated heterocycles. The van der Waals surface area contributed by atoms with Gasteiger partial charge >= 0.3 is 0 Å². The summed E-state index contributed by atoms with van der Waals surface area (Å²) in [5, 5.41) is 2.93. The van der Waals surface area contributed by atoms with Crippen LogP contribution in [0.4, 0.5) is 11.4 Å². The Kier molecular flexibility index (Phi) is 4.92. The minimum atomic E-state index is -1.54. The number of para-hydroxylation sites is 1. The predicted molar refractivity (Wildman–Crippen MR) is 121 cm³/mol. The normalized spacial score (nSPS) is 19.3. The third kappa shape index (κ3) is 3.17. The van der Waals surface area contributed by atoms with Crippen LogP contribution in [0.3, 0.4) is 0 Å². The standard InChI is InChI=1S/C25H23N3O5/c1-16-9-10-21(32-2)19(14-16)26-24(31)25-12-11-22(29)28(25)20-8-4-3-7-18(20)23(30)27(25)15-17-6-5-13-33-17/h3-10,13-14H,11-12,15H2,1-2H3,(H,26,31). The second kappa shape index (κ2) is 7.81. The number of hydrogen-bond donors (Lipinski definition) is 1. The summed E-state index contributed by atoms with van der Waals surface area (Å²) < 4.78 is 10.9. The van der Waals surface area contributed by atoms with Gasteiger partial charge in [0.1, 0.15) is 11.5 Å². The number of aryl methyl sites for hydroxylation is 1. The number of nitrogens with one attached hydrogen (secondary N) is 1. The van der Waals surface area contributed by atoms with Crippen LogP contribution in [0, 0.1) is 6.92 Å². The highest BCUT2D eigenvalue weighted by atomic mass is 16.5. The van der Waals surface area contributed by atoms with Gasteiger partial charge in [-0.05, 0) is 48.9 Å². The van der Waals surface area contributed by atoms with Gasteiger partial charge in [0.25, 0.3) is 11.8 Å². The van der Waals surface area contributed by atoms with Gasteiger partial charge in [-0.25, -0.2) is 0 Å². The fraction of sp³-hybridized carbons (Fsp3) is 0.240. The van der Waals surface area contributed by atoms with Gasteiger partial charge in [-0.2, -0.15) is 0 Å². The van der Waals surface area contributed by atoms with E-state index < -0.39 is 11.6 Å². The summed E-state index contributed by atoms with van der Waals surface area (Å²) in [7, 11) is 1.52. The van der Waals surface area contributed by atoms with E-state index in [1.54, 1.807) is 48.5 Å². The number of nitrogens with zero attached hydrogens (tertiary/aromatic N) is 2. The number of hydrogen-bond acceptors (Lipinski definition) is 5. The molecule has 0 radical (unpaired) electrons. The van der Waals surface area contributed by atoms with Crippen molar-refractivity contribution in [1.82, 2.24) is 4.90 Å². The molecule has 8 heteroatoms. The number of anilines is 2. The van der Waals surface area contributed by atoms with Crippen LogP contribution in [0.5, 0.6) is 5.75 Å². The topological polar surface area (TPSA) is 92.1 Å². The van der Waals surface area contributed by atoms with Crippen LogP contribution in [0.2, 0.25) is 0 Å². The molecule has 1 N–H and O–H groups in total. The monoisotopic (exact) mass is 445 g/mol. The molecular formula is C25H23N3O5. The van der Waals surface area contributed by atoms with E-state index in [2.05, 4.69) is 5.32 Å². The van der Waals surface area contributed by atoms with Crippen molar-refractivity contribution in [1.29, 1.82) is 0 Å². The Labute approximate surface area is 190 Å². The Morgan fingerprint density at radius 3 is 2.73 bits per heavy atom. The predicted octanol–water partition coefficient (Wildman–Crippen LogP) is 3.71. The number of methoxy groups -OCH3 is 1. The smallest absolute Gasteiger partial charge is 0.271 e. The molecule has 3 aromatic rings. The van der Waals surface area contributed by atoms with Gasteiger partial charge in [0.2, 0.25) is 11.6 Å². The highest BCUT2D eigenvalue weighted by Crippen LogP contribution is 2.46. The number of benzene rings is 2. The van der Waals surface area contributed by atoms with Crippen molar-refractivity contribution in [3.8, 4) is 5.75 Å². The zero-order chi connectivity index (χ0) is 23.2. The first-order chi connectivity index (χ1) is 16.0. The van der Waals surface area contributed by atoms with E-state index in [-0.39, 0.29) is 31.2 Å². The fourth-order valence-corrected chi connectivity index (χ4v) is 4.70. The minimum Gasteiger partial charge on any atom is -0.495 e. The first kappa shape index (κ1) is 20.8. The summed E-state index contributed by atoms with van der Waals surface area (Å²) in [5.74, 6) is -0.0274. The zero-order valence-corrected chi connectivity index (χ0v) is 18.3. The van der Waals surface area contributed by atoms with Gasteiger partial charge in [-0.3, -0.25) is 24.2 Å². The first-order valence-corrected chi connectivity index (χ1v) is 10.7. The molecule has 5 rings (SSSR count). The second-order valence-electron chi connectivity index (χ2n) is 8.19. The highest BCUT2D eigenvalue weighted by molar-refractivity contribution is 6.18. The molecule has 1 fully saturated rings. The summed E-state index contributed by atoms with van der Waals surface area (Å²) in [6.07, 6.45) is 1.81. The van der Waals surface area contributed by atoms with Crippen molar-refractivity contribution in [2.75, 3.05) is 17.3 Å². The lowest BCUT2D eigenvalue weighted by atomic mass is 9.95. The van der Waals surface area contributed by atoms with Gasteiger partial charge in [-0.1, -0.05) is 18.2 Å². The maximum Gasteiger partial charge on any atom is 0.271 e. The maximum atomic E-state index is 14.0. The summed E-state index contributed by atoms with van der Waals surface area (Å²) in [6.45, 7) is 1.95. The van der Waals surface area contributed by atoms with Gasteiger partial charge in [0.15, 0.2) is 0 Å². The molecule has 1 atom stereocenters. The van der Waals surface area contributed by atoms with Crippen molar-refractivity contribution in [3.63, 3.8) is 0 Å². The van der Waals surface area contributed by atoms with Crippen molar-refractivity contribution in [2.45, 2.75) is 32.0 Å². The fourth-order valence-electron chi connectivity index (χ4n) is 4.70. The molecule has 3 heterocycles. The molecule has 0 spiro atoms. The Morgan fingerprint density at radius 1 is 1.15 bits per heavy atom. The van der Waals surface area contributed by atoms with E-state index in [0.29, 0.717) is 28.4 Å².